The first-order valence-electron chi connectivity index (χ1n) is 5.88. The molecule has 0 amide bonds. The van der Waals surface area contributed by atoms with Gasteiger partial charge in [0.05, 0.1) is 0 Å². The third-order valence-electron chi connectivity index (χ3n) is 2.68. The maximum Gasteiger partial charge on any atom is 0.458 e. The molecule has 0 aliphatic heterocycles. The average molecular weight is 303 g/mol. The fourth-order valence-electron chi connectivity index (χ4n) is 1.58. The highest BCUT2D eigenvalue weighted by atomic mass is 19.4. The lowest BCUT2D eigenvalue weighted by molar-refractivity contribution is -0.289. The van der Waals surface area contributed by atoms with Gasteiger partial charge in [-0.05, 0) is 11.6 Å². The zero-order chi connectivity index (χ0) is 15.5. The van der Waals surface area contributed by atoms with Crippen molar-refractivity contribution in [3.05, 3.63) is 59.8 Å². The van der Waals surface area contributed by atoms with Gasteiger partial charge in [0.15, 0.2) is 0 Å². The van der Waals surface area contributed by atoms with E-state index < -0.39 is 17.7 Å². The van der Waals surface area contributed by atoms with Gasteiger partial charge in [0.1, 0.15) is 6.61 Å². The summed E-state index contributed by atoms with van der Waals surface area (Å²) in [4.78, 5) is 3.63. The van der Waals surface area contributed by atoms with Gasteiger partial charge in [-0.15, -0.1) is 0 Å². The molecule has 1 aromatic heterocycles. The molecular weight excluding hydrogens is 293 g/mol. The van der Waals surface area contributed by atoms with Crippen LogP contribution >= 0.6 is 0 Å². The number of alkyl halides is 5. The number of benzene rings is 1. The van der Waals surface area contributed by atoms with Gasteiger partial charge in [0, 0.05) is 17.8 Å². The molecule has 1 aromatic carbocycles. The van der Waals surface area contributed by atoms with E-state index >= 15 is 0 Å². The zero-order valence-electron chi connectivity index (χ0n) is 10.6. The van der Waals surface area contributed by atoms with Crippen LogP contribution in [0.4, 0.5) is 22.0 Å². The van der Waals surface area contributed by atoms with Crippen LogP contribution in [0.1, 0.15) is 11.1 Å². The molecule has 0 aliphatic carbocycles. The standard InChI is InChI=1S/C14H10F5NO/c15-13(16,14(17,18)19)11-6-7-20-12(8-11)21-9-10-4-2-1-3-5-10/h1-8H,9H2. The van der Waals surface area contributed by atoms with Crippen LogP contribution in [0.25, 0.3) is 0 Å². The molecule has 2 aromatic rings. The summed E-state index contributed by atoms with van der Waals surface area (Å²) < 4.78 is 68.4. The maximum atomic E-state index is 13.2. The van der Waals surface area contributed by atoms with E-state index in [0.29, 0.717) is 12.1 Å². The molecule has 0 saturated heterocycles. The quantitative estimate of drug-likeness (QED) is 0.785. The summed E-state index contributed by atoms with van der Waals surface area (Å²) in [5, 5.41) is 0. The first-order valence-corrected chi connectivity index (χ1v) is 5.88. The summed E-state index contributed by atoms with van der Waals surface area (Å²) in [5.74, 6) is -5.24. The Bertz CT molecular complexity index is 598. The number of hydrogen-bond donors (Lipinski definition) is 0. The molecule has 0 N–H and O–H groups in total. The Morgan fingerprint density at radius 2 is 1.62 bits per heavy atom. The molecule has 21 heavy (non-hydrogen) atoms. The van der Waals surface area contributed by atoms with E-state index in [1.807, 2.05) is 0 Å². The van der Waals surface area contributed by atoms with Gasteiger partial charge < -0.3 is 4.74 Å². The minimum atomic E-state index is -5.66. The molecular formula is C14H10F5NO. The van der Waals surface area contributed by atoms with E-state index in [4.69, 9.17) is 4.74 Å². The molecule has 1 heterocycles. The lowest BCUT2D eigenvalue weighted by atomic mass is 10.1. The van der Waals surface area contributed by atoms with E-state index in [1.54, 1.807) is 30.3 Å². The van der Waals surface area contributed by atoms with Gasteiger partial charge in [-0.3, -0.25) is 0 Å². The summed E-state index contributed by atoms with van der Waals surface area (Å²) in [7, 11) is 0. The highest BCUT2D eigenvalue weighted by molar-refractivity contribution is 5.26. The van der Waals surface area contributed by atoms with Gasteiger partial charge in [-0.25, -0.2) is 4.98 Å². The number of pyridine rings is 1. The van der Waals surface area contributed by atoms with Crippen LogP contribution in [0.5, 0.6) is 5.88 Å². The van der Waals surface area contributed by atoms with Crippen LogP contribution in [-0.2, 0) is 12.5 Å². The van der Waals surface area contributed by atoms with Gasteiger partial charge in [0.2, 0.25) is 5.88 Å². The van der Waals surface area contributed by atoms with Crippen molar-refractivity contribution in [1.82, 2.24) is 4.98 Å². The van der Waals surface area contributed by atoms with Crippen molar-refractivity contribution in [1.29, 1.82) is 0 Å². The van der Waals surface area contributed by atoms with Crippen molar-refractivity contribution in [3.63, 3.8) is 0 Å². The summed E-state index contributed by atoms with van der Waals surface area (Å²) in [6.45, 7) is 0.0227. The smallest absolute Gasteiger partial charge is 0.458 e. The van der Waals surface area contributed by atoms with Gasteiger partial charge >= 0.3 is 12.1 Å². The normalized spacial score (nSPS) is 12.2. The molecule has 112 valence electrons. The minimum absolute atomic E-state index is 0.0227. The minimum Gasteiger partial charge on any atom is -0.473 e. The molecule has 0 bridgehead atoms. The average Bonchev–Trinajstić information content (AvgIpc) is 2.45. The van der Waals surface area contributed by atoms with E-state index in [-0.39, 0.29) is 12.5 Å². The fourth-order valence-corrected chi connectivity index (χ4v) is 1.58. The Kier molecular flexibility index (Phi) is 4.11. The van der Waals surface area contributed by atoms with Crippen molar-refractivity contribution >= 4 is 0 Å². The van der Waals surface area contributed by atoms with Crippen LogP contribution in [0.15, 0.2) is 48.7 Å². The number of ether oxygens (including phenoxy) is 1. The monoisotopic (exact) mass is 303 g/mol. The molecule has 2 nitrogen and oxygen atoms in total. The van der Waals surface area contributed by atoms with E-state index in [2.05, 4.69) is 4.98 Å². The van der Waals surface area contributed by atoms with Crippen LogP contribution in [0, 0.1) is 0 Å². The first-order chi connectivity index (χ1) is 9.80. The number of rotatable bonds is 4. The fraction of sp³-hybridized carbons (Fsp3) is 0.214. The van der Waals surface area contributed by atoms with Crippen LogP contribution in [0.3, 0.4) is 0 Å². The Balaban J connectivity index is 2.15. The van der Waals surface area contributed by atoms with Crippen LogP contribution in [0.2, 0.25) is 0 Å². The van der Waals surface area contributed by atoms with Crippen molar-refractivity contribution in [2.75, 3.05) is 0 Å². The van der Waals surface area contributed by atoms with Crippen molar-refractivity contribution in [2.45, 2.75) is 18.7 Å². The van der Waals surface area contributed by atoms with Crippen molar-refractivity contribution < 1.29 is 26.7 Å². The predicted octanol–water partition coefficient (Wildman–Crippen LogP) is 4.31. The SMILES string of the molecule is FC(F)(F)C(F)(F)c1ccnc(OCc2ccccc2)c1. The summed E-state index contributed by atoms with van der Waals surface area (Å²) in [6, 6.07) is 9.95. The summed E-state index contributed by atoms with van der Waals surface area (Å²) >= 11 is 0. The Morgan fingerprint density at radius 1 is 0.952 bits per heavy atom. The molecule has 2 rings (SSSR count). The maximum absolute atomic E-state index is 13.2. The highest BCUT2D eigenvalue weighted by Crippen LogP contribution is 2.44. The van der Waals surface area contributed by atoms with E-state index in [1.165, 1.54) is 0 Å². The molecule has 0 saturated carbocycles. The van der Waals surface area contributed by atoms with Gasteiger partial charge in [0.25, 0.3) is 0 Å². The molecule has 7 heteroatoms. The molecule has 0 atom stereocenters. The number of nitrogens with zero attached hydrogens (tertiary/aromatic N) is 1. The highest BCUT2D eigenvalue weighted by Gasteiger charge is 2.58. The Morgan fingerprint density at radius 3 is 2.24 bits per heavy atom. The molecule has 0 unspecified atom stereocenters. The predicted molar refractivity (Wildman–Crippen MR) is 65.0 cm³/mol. The number of aromatic nitrogens is 1. The van der Waals surface area contributed by atoms with Gasteiger partial charge in [-0.2, -0.15) is 22.0 Å². The molecule has 0 aliphatic rings. The third kappa shape index (κ3) is 3.48. The lowest BCUT2D eigenvalue weighted by Crippen LogP contribution is -2.33. The number of hydrogen-bond acceptors (Lipinski definition) is 2. The second-order valence-corrected chi connectivity index (χ2v) is 4.23. The van der Waals surface area contributed by atoms with E-state index in [9.17, 15) is 22.0 Å². The number of halogens is 5. The second kappa shape index (κ2) is 5.67. The largest absolute Gasteiger partial charge is 0.473 e. The Hall–Kier alpha value is -2.18. The molecule has 0 radical (unpaired) electrons. The van der Waals surface area contributed by atoms with Crippen LogP contribution in [-0.4, -0.2) is 11.2 Å². The molecule has 0 fully saturated rings. The second-order valence-electron chi connectivity index (χ2n) is 4.23. The first kappa shape index (κ1) is 15.2. The summed E-state index contributed by atoms with van der Waals surface area (Å²) in [5.41, 5.74) is -0.458. The molecule has 0 spiro atoms. The van der Waals surface area contributed by atoms with Crippen molar-refractivity contribution in [3.8, 4) is 5.88 Å². The van der Waals surface area contributed by atoms with Crippen LogP contribution < -0.4 is 4.74 Å². The Labute approximate surface area is 117 Å². The third-order valence-corrected chi connectivity index (χ3v) is 2.68. The summed E-state index contributed by atoms with van der Waals surface area (Å²) in [6.07, 6.45) is -4.81. The lowest BCUT2D eigenvalue weighted by Gasteiger charge is -2.20. The zero-order valence-corrected chi connectivity index (χ0v) is 10.6. The van der Waals surface area contributed by atoms with Crippen molar-refractivity contribution in [2.24, 2.45) is 0 Å². The topological polar surface area (TPSA) is 22.1 Å². The van der Waals surface area contributed by atoms with E-state index in [0.717, 1.165) is 11.8 Å². The van der Waals surface area contributed by atoms with Gasteiger partial charge in [-0.1, -0.05) is 30.3 Å².